The molecule has 1 aromatic carbocycles. The van der Waals surface area contributed by atoms with Gasteiger partial charge in [-0.1, -0.05) is 5.16 Å². The van der Waals surface area contributed by atoms with E-state index in [0.717, 1.165) is 12.1 Å². The molecule has 1 heterocycles. The van der Waals surface area contributed by atoms with Crippen LogP contribution >= 0.6 is 0 Å². The molecule has 0 spiro atoms. The number of benzene rings is 1. The van der Waals surface area contributed by atoms with Crippen LogP contribution in [0.15, 0.2) is 22.7 Å². The van der Waals surface area contributed by atoms with Crippen molar-refractivity contribution in [1.29, 1.82) is 0 Å². The number of hydrogen-bond donors (Lipinski definition) is 1. The lowest BCUT2D eigenvalue weighted by atomic mass is 10.3. The van der Waals surface area contributed by atoms with Crippen LogP contribution in [-0.4, -0.2) is 22.7 Å². The van der Waals surface area contributed by atoms with Gasteiger partial charge in [-0.3, -0.25) is 4.79 Å². The highest BCUT2D eigenvalue weighted by molar-refractivity contribution is 5.77. The van der Waals surface area contributed by atoms with E-state index in [4.69, 9.17) is 9.26 Å². The fraction of sp³-hybridized carbons (Fsp3) is 0.308. The van der Waals surface area contributed by atoms with Crippen LogP contribution in [0.1, 0.15) is 24.7 Å². The Morgan fingerprint density at radius 3 is 2.86 bits per heavy atom. The fourth-order valence-corrected chi connectivity index (χ4v) is 1.57. The molecule has 1 amide bonds. The maximum atomic E-state index is 13.3. The zero-order valence-corrected chi connectivity index (χ0v) is 11.4. The Hall–Kier alpha value is -2.51. The van der Waals surface area contributed by atoms with Gasteiger partial charge in [0.05, 0.1) is 0 Å². The number of carbonyl (C=O) groups excluding carboxylic acids is 1. The number of carbonyl (C=O) groups is 1. The largest absolute Gasteiger partial charge is 0.481 e. The number of hydrogen-bond acceptors (Lipinski definition) is 5. The number of ether oxygens (including phenoxy) is 1. The molecule has 21 heavy (non-hydrogen) atoms. The highest BCUT2D eigenvalue weighted by Crippen LogP contribution is 2.17. The van der Waals surface area contributed by atoms with Crippen molar-refractivity contribution in [3.8, 4) is 5.75 Å². The predicted molar refractivity (Wildman–Crippen MR) is 67.4 cm³/mol. The Morgan fingerprint density at radius 2 is 2.24 bits per heavy atom. The van der Waals surface area contributed by atoms with Gasteiger partial charge in [0.25, 0.3) is 5.91 Å². The maximum Gasteiger partial charge on any atom is 0.258 e. The first-order chi connectivity index (χ1) is 9.95. The van der Waals surface area contributed by atoms with E-state index in [2.05, 4.69) is 15.5 Å². The molecule has 0 aliphatic carbocycles. The first-order valence-corrected chi connectivity index (χ1v) is 6.13. The summed E-state index contributed by atoms with van der Waals surface area (Å²) in [6, 6.07) is 2.33. The molecule has 0 aliphatic rings. The first kappa shape index (κ1) is 14.9. The Morgan fingerprint density at radius 1 is 1.48 bits per heavy atom. The van der Waals surface area contributed by atoms with Crippen LogP contribution in [0.5, 0.6) is 5.75 Å². The molecule has 1 aromatic heterocycles. The Kier molecular flexibility index (Phi) is 4.46. The highest BCUT2D eigenvalue weighted by Gasteiger charge is 2.16. The van der Waals surface area contributed by atoms with E-state index in [9.17, 15) is 13.6 Å². The zero-order chi connectivity index (χ0) is 15.4. The summed E-state index contributed by atoms with van der Waals surface area (Å²) in [6.07, 6.45) is 0. The lowest BCUT2D eigenvalue weighted by Crippen LogP contribution is -2.31. The normalized spacial score (nSPS) is 12.0. The quantitative estimate of drug-likeness (QED) is 0.912. The number of halogens is 2. The highest BCUT2D eigenvalue weighted by atomic mass is 19.1. The summed E-state index contributed by atoms with van der Waals surface area (Å²) in [5.74, 6) is -1.58. The van der Waals surface area contributed by atoms with E-state index in [1.54, 1.807) is 13.8 Å². The van der Waals surface area contributed by atoms with Crippen LogP contribution in [0.4, 0.5) is 8.78 Å². The Bertz CT molecular complexity index is 645. The monoisotopic (exact) mass is 297 g/mol. The molecule has 1 N–H and O–H groups in total. The maximum absolute atomic E-state index is 13.3. The van der Waals surface area contributed by atoms with Crippen LogP contribution in [0.25, 0.3) is 0 Å². The topological polar surface area (TPSA) is 77.2 Å². The molecule has 0 radical (unpaired) electrons. The molecule has 0 saturated carbocycles. The number of nitrogens with zero attached hydrogens (tertiary/aromatic N) is 2. The summed E-state index contributed by atoms with van der Waals surface area (Å²) >= 11 is 0. The van der Waals surface area contributed by atoms with Gasteiger partial charge in [0.1, 0.15) is 11.9 Å². The summed E-state index contributed by atoms with van der Waals surface area (Å²) < 4.78 is 35.9. The van der Waals surface area contributed by atoms with Crippen LogP contribution in [0.3, 0.4) is 0 Å². The molecular formula is C13H13F2N3O3. The number of amides is 1. The second kappa shape index (κ2) is 6.29. The smallest absolute Gasteiger partial charge is 0.258 e. The summed E-state index contributed by atoms with van der Waals surface area (Å²) in [5, 5.41) is 6.16. The van der Waals surface area contributed by atoms with Gasteiger partial charge in [-0.05, 0) is 26.0 Å². The summed E-state index contributed by atoms with van der Waals surface area (Å²) in [4.78, 5) is 15.6. The molecule has 0 aliphatic heterocycles. The third kappa shape index (κ3) is 3.98. The SMILES string of the molecule is Cc1noc(C(C)NC(=O)COc2ccc(F)cc2F)n1. The van der Waals surface area contributed by atoms with Gasteiger partial charge >= 0.3 is 0 Å². The van der Waals surface area contributed by atoms with Crippen molar-refractivity contribution in [3.63, 3.8) is 0 Å². The molecule has 0 bridgehead atoms. The van der Waals surface area contributed by atoms with Crippen LogP contribution in [0, 0.1) is 18.6 Å². The average Bonchev–Trinajstić information content (AvgIpc) is 2.84. The van der Waals surface area contributed by atoms with Gasteiger partial charge in [0.15, 0.2) is 24.0 Å². The van der Waals surface area contributed by atoms with Gasteiger partial charge in [0, 0.05) is 6.07 Å². The predicted octanol–water partition coefficient (Wildman–Crippen LogP) is 1.91. The lowest BCUT2D eigenvalue weighted by Gasteiger charge is -2.11. The van der Waals surface area contributed by atoms with Crippen molar-refractivity contribution in [2.75, 3.05) is 6.61 Å². The van der Waals surface area contributed by atoms with Gasteiger partial charge in [0.2, 0.25) is 5.89 Å². The van der Waals surface area contributed by atoms with E-state index in [0.29, 0.717) is 11.9 Å². The minimum atomic E-state index is -0.872. The minimum absolute atomic E-state index is 0.201. The second-order valence-electron chi connectivity index (χ2n) is 4.33. The van der Waals surface area contributed by atoms with Crippen molar-refractivity contribution in [3.05, 3.63) is 41.5 Å². The third-order valence-electron chi connectivity index (χ3n) is 2.54. The van der Waals surface area contributed by atoms with Crippen molar-refractivity contribution >= 4 is 5.91 Å². The number of aryl methyl sites for hydroxylation is 1. The van der Waals surface area contributed by atoms with Crippen molar-refractivity contribution in [1.82, 2.24) is 15.5 Å². The van der Waals surface area contributed by atoms with Gasteiger partial charge < -0.3 is 14.6 Å². The molecule has 1 unspecified atom stereocenters. The average molecular weight is 297 g/mol. The van der Waals surface area contributed by atoms with Crippen molar-refractivity contribution in [2.45, 2.75) is 19.9 Å². The summed E-state index contributed by atoms with van der Waals surface area (Å²) in [5.41, 5.74) is 0. The van der Waals surface area contributed by atoms with E-state index in [1.807, 2.05) is 0 Å². The molecule has 2 rings (SSSR count). The number of aromatic nitrogens is 2. The van der Waals surface area contributed by atoms with Crippen molar-refractivity contribution < 1.29 is 22.8 Å². The standard InChI is InChI=1S/C13H13F2N3O3/c1-7(13-17-8(2)18-21-13)16-12(19)6-20-11-4-3-9(14)5-10(11)15/h3-5,7H,6H2,1-2H3,(H,16,19). The molecule has 1 atom stereocenters. The van der Waals surface area contributed by atoms with Crippen LogP contribution < -0.4 is 10.1 Å². The molecule has 112 valence electrons. The second-order valence-corrected chi connectivity index (χ2v) is 4.33. The van der Waals surface area contributed by atoms with Crippen LogP contribution in [0.2, 0.25) is 0 Å². The first-order valence-electron chi connectivity index (χ1n) is 6.13. The Balaban J connectivity index is 1.87. The molecule has 2 aromatic rings. The fourth-order valence-electron chi connectivity index (χ4n) is 1.57. The van der Waals surface area contributed by atoms with Gasteiger partial charge in [-0.15, -0.1) is 0 Å². The minimum Gasteiger partial charge on any atom is -0.481 e. The lowest BCUT2D eigenvalue weighted by molar-refractivity contribution is -0.123. The number of rotatable bonds is 5. The zero-order valence-electron chi connectivity index (χ0n) is 11.4. The van der Waals surface area contributed by atoms with Gasteiger partial charge in [-0.25, -0.2) is 8.78 Å². The summed E-state index contributed by atoms with van der Waals surface area (Å²) in [7, 11) is 0. The third-order valence-corrected chi connectivity index (χ3v) is 2.54. The molecule has 8 heteroatoms. The van der Waals surface area contributed by atoms with E-state index in [1.165, 1.54) is 0 Å². The Labute approximate surface area is 119 Å². The molecule has 6 nitrogen and oxygen atoms in total. The van der Waals surface area contributed by atoms with Crippen LogP contribution in [-0.2, 0) is 4.79 Å². The molecule has 0 fully saturated rings. The van der Waals surface area contributed by atoms with Crippen molar-refractivity contribution in [2.24, 2.45) is 0 Å². The van der Waals surface area contributed by atoms with E-state index in [-0.39, 0.29) is 11.6 Å². The van der Waals surface area contributed by atoms with E-state index >= 15 is 0 Å². The number of nitrogens with one attached hydrogen (secondary N) is 1. The summed E-state index contributed by atoms with van der Waals surface area (Å²) in [6.45, 7) is 2.89. The van der Waals surface area contributed by atoms with Gasteiger partial charge in [-0.2, -0.15) is 4.98 Å². The molecule has 0 saturated heterocycles. The molecular weight excluding hydrogens is 284 g/mol. The van der Waals surface area contributed by atoms with E-state index < -0.39 is 30.2 Å².